The summed E-state index contributed by atoms with van der Waals surface area (Å²) < 4.78 is 2.77. The minimum atomic E-state index is -0.0735. The van der Waals surface area contributed by atoms with E-state index in [4.69, 9.17) is 11.6 Å². The summed E-state index contributed by atoms with van der Waals surface area (Å²) in [6.45, 7) is 0.228. The van der Waals surface area contributed by atoms with Crippen molar-refractivity contribution < 1.29 is 4.79 Å². The van der Waals surface area contributed by atoms with Gasteiger partial charge in [-0.15, -0.1) is 11.6 Å². The Morgan fingerprint density at radius 2 is 2.35 bits per heavy atom. The summed E-state index contributed by atoms with van der Waals surface area (Å²) in [6, 6.07) is 5.74. The van der Waals surface area contributed by atoms with Crippen LogP contribution in [0.2, 0.25) is 0 Å². The number of benzene rings is 1. The topological polar surface area (TPSA) is 46.9 Å². The Balaban J connectivity index is 2.56. The zero-order valence-corrected chi connectivity index (χ0v) is 11.5. The molecule has 0 bridgehead atoms. The second kappa shape index (κ2) is 5.06. The number of fused-ring (bicyclic) bond motifs is 1. The number of likely N-dealkylation sites (N-methyl/N-ethyl adjacent to an activating group) is 1. The van der Waals surface area contributed by atoms with Crippen LogP contribution in [-0.4, -0.2) is 22.5 Å². The fourth-order valence-electron chi connectivity index (χ4n) is 1.65. The van der Waals surface area contributed by atoms with E-state index in [1.807, 2.05) is 22.8 Å². The van der Waals surface area contributed by atoms with E-state index in [0.29, 0.717) is 5.82 Å². The molecule has 4 nitrogen and oxygen atoms in total. The first kappa shape index (κ1) is 12.4. The van der Waals surface area contributed by atoms with Crippen LogP contribution in [0.15, 0.2) is 22.7 Å². The first-order valence-corrected chi connectivity index (χ1v) is 6.39. The van der Waals surface area contributed by atoms with Crippen LogP contribution < -0.4 is 5.32 Å². The zero-order chi connectivity index (χ0) is 12.4. The summed E-state index contributed by atoms with van der Waals surface area (Å²) in [4.78, 5) is 15.9. The van der Waals surface area contributed by atoms with Gasteiger partial charge in [0.1, 0.15) is 12.4 Å². The van der Waals surface area contributed by atoms with Crippen molar-refractivity contribution in [3.63, 3.8) is 0 Å². The number of halogens is 2. The molecule has 1 aromatic carbocycles. The maximum Gasteiger partial charge on any atom is 0.239 e. The van der Waals surface area contributed by atoms with E-state index in [-0.39, 0.29) is 18.3 Å². The van der Waals surface area contributed by atoms with Crippen LogP contribution in [0.5, 0.6) is 0 Å². The van der Waals surface area contributed by atoms with Crippen LogP contribution in [0.25, 0.3) is 11.0 Å². The summed E-state index contributed by atoms with van der Waals surface area (Å²) in [7, 11) is 1.61. The van der Waals surface area contributed by atoms with Crippen molar-refractivity contribution in [2.75, 3.05) is 7.05 Å². The van der Waals surface area contributed by atoms with Crippen LogP contribution in [0.4, 0.5) is 0 Å². The molecule has 2 rings (SSSR count). The molecule has 0 saturated carbocycles. The number of alkyl halides is 1. The normalized spacial score (nSPS) is 10.8. The molecular weight excluding hydrogens is 305 g/mol. The Kier molecular flexibility index (Phi) is 3.69. The highest BCUT2D eigenvalue weighted by Crippen LogP contribution is 2.21. The SMILES string of the molecule is CNC(=O)Cn1c(CCl)nc2ccc(Br)cc21. The van der Waals surface area contributed by atoms with Gasteiger partial charge in [0.2, 0.25) is 5.91 Å². The number of nitrogens with zero attached hydrogens (tertiary/aromatic N) is 2. The smallest absolute Gasteiger partial charge is 0.239 e. The molecule has 0 unspecified atom stereocenters. The average Bonchev–Trinajstić information content (AvgIpc) is 2.67. The minimum Gasteiger partial charge on any atom is -0.358 e. The molecule has 17 heavy (non-hydrogen) atoms. The quantitative estimate of drug-likeness (QED) is 0.883. The first-order chi connectivity index (χ1) is 8.15. The number of imidazole rings is 1. The molecule has 0 spiro atoms. The molecule has 0 radical (unpaired) electrons. The number of carbonyl (C=O) groups is 1. The van der Waals surface area contributed by atoms with Gasteiger partial charge in [0.25, 0.3) is 0 Å². The lowest BCUT2D eigenvalue weighted by atomic mass is 10.3. The lowest BCUT2D eigenvalue weighted by molar-refractivity contribution is -0.121. The molecule has 0 fully saturated rings. The van der Waals surface area contributed by atoms with Gasteiger partial charge in [0.05, 0.1) is 16.9 Å². The summed E-state index contributed by atoms with van der Waals surface area (Å²) >= 11 is 9.25. The van der Waals surface area contributed by atoms with E-state index in [1.165, 1.54) is 0 Å². The lowest BCUT2D eigenvalue weighted by Crippen LogP contribution is -2.24. The monoisotopic (exact) mass is 315 g/mol. The van der Waals surface area contributed by atoms with Gasteiger partial charge in [0.15, 0.2) is 0 Å². The van der Waals surface area contributed by atoms with Gasteiger partial charge in [-0.2, -0.15) is 0 Å². The Hall–Kier alpha value is -1.07. The van der Waals surface area contributed by atoms with Gasteiger partial charge in [-0.3, -0.25) is 4.79 Å². The molecule has 90 valence electrons. The largest absolute Gasteiger partial charge is 0.358 e. The highest BCUT2D eigenvalue weighted by molar-refractivity contribution is 9.10. The fourth-order valence-corrected chi connectivity index (χ4v) is 2.20. The second-order valence-electron chi connectivity index (χ2n) is 3.55. The summed E-state index contributed by atoms with van der Waals surface area (Å²) in [6.07, 6.45) is 0. The predicted octanol–water partition coefficient (Wildman–Crippen LogP) is 2.28. The molecule has 0 aliphatic carbocycles. The molecule has 0 saturated heterocycles. The zero-order valence-electron chi connectivity index (χ0n) is 9.20. The van der Waals surface area contributed by atoms with Gasteiger partial charge in [-0.1, -0.05) is 15.9 Å². The molecule has 6 heteroatoms. The van der Waals surface area contributed by atoms with Crippen LogP contribution in [0.3, 0.4) is 0 Å². The third-order valence-electron chi connectivity index (χ3n) is 2.49. The Morgan fingerprint density at radius 3 is 3.00 bits per heavy atom. The summed E-state index contributed by atoms with van der Waals surface area (Å²) in [5, 5.41) is 2.59. The highest BCUT2D eigenvalue weighted by atomic mass is 79.9. The van der Waals surface area contributed by atoms with Crippen molar-refractivity contribution in [3.05, 3.63) is 28.5 Å². The van der Waals surface area contributed by atoms with Crippen LogP contribution in [-0.2, 0) is 17.2 Å². The van der Waals surface area contributed by atoms with Crippen LogP contribution in [0, 0.1) is 0 Å². The third-order valence-corrected chi connectivity index (χ3v) is 3.22. The van der Waals surface area contributed by atoms with Crippen molar-refractivity contribution >= 4 is 44.5 Å². The molecule has 1 aromatic heterocycles. The van der Waals surface area contributed by atoms with Crippen molar-refractivity contribution in [3.8, 4) is 0 Å². The van der Waals surface area contributed by atoms with Crippen LogP contribution in [0.1, 0.15) is 5.82 Å². The Labute approximate surface area is 112 Å². The Morgan fingerprint density at radius 1 is 1.59 bits per heavy atom. The number of aromatic nitrogens is 2. The van der Waals surface area contributed by atoms with Crippen LogP contribution >= 0.6 is 27.5 Å². The number of nitrogens with one attached hydrogen (secondary N) is 1. The first-order valence-electron chi connectivity index (χ1n) is 5.07. The fraction of sp³-hybridized carbons (Fsp3) is 0.273. The number of rotatable bonds is 3. The van der Waals surface area contributed by atoms with Crippen molar-refractivity contribution in [1.29, 1.82) is 0 Å². The molecule has 1 heterocycles. The van der Waals surface area contributed by atoms with E-state index in [0.717, 1.165) is 15.5 Å². The number of carbonyl (C=O) groups excluding carboxylic acids is 1. The standard InChI is InChI=1S/C11H11BrClN3O/c1-14-11(17)6-16-9-4-7(12)2-3-8(9)15-10(16)5-13/h2-4H,5-6H2,1H3,(H,14,17). The van der Waals surface area contributed by atoms with E-state index in [2.05, 4.69) is 26.2 Å². The van der Waals surface area contributed by atoms with Crippen molar-refractivity contribution in [2.45, 2.75) is 12.4 Å². The van der Waals surface area contributed by atoms with E-state index < -0.39 is 0 Å². The third kappa shape index (κ3) is 2.45. The second-order valence-corrected chi connectivity index (χ2v) is 4.74. The summed E-state index contributed by atoms with van der Waals surface area (Å²) in [5.74, 6) is 0.905. The van der Waals surface area contributed by atoms with E-state index >= 15 is 0 Å². The maximum absolute atomic E-state index is 11.5. The molecule has 1 amide bonds. The number of hydrogen-bond donors (Lipinski definition) is 1. The molecule has 0 atom stereocenters. The predicted molar refractivity (Wildman–Crippen MR) is 71.1 cm³/mol. The summed E-state index contributed by atoms with van der Waals surface area (Å²) in [5.41, 5.74) is 1.74. The number of amides is 1. The van der Waals surface area contributed by atoms with Crippen molar-refractivity contribution in [2.24, 2.45) is 0 Å². The number of hydrogen-bond acceptors (Lipinski definition) is 2. The van der Waals surface area contributed by atoms with Gasteiger partial charge in [-0.25, -0.2) is 4.98 Å². The molecular formula is C11H11BrClN3O. The van der Waals surface area contributed by atoms with Gasteiger partial charge < -0.3 is 9.88 Å². The Bertz CT molecular complexity index is 567. The maximum atomic E-state index is 11.5. The van der Waals surface area contributed by atoms with E-state index in [9.17, 15) is 4.79 Å². The van der Waals surface area contributed by atoms with Crippen molar-refractivity contribution in [1.82, 2.24) is 14.9 Å². The van der Waals surface area contributed by atoms with Gasteiger partial charge in [0, 0.05) is 11.5 Å². The molecule has 1 N–H and O–H groups in total. The average molecular weight is 317 g/mol. The minimum absolute atomic E-state index is 0.0735. The molecule has 0 aliphatic heterocycles. The van der Waals surface area contributed by atoms with Gasteiger partial charge >= 0.3 is 0 Å². The lowest BCUT2D eigenvalue weighted by Gasteiger charge is -2.06. The molecule has 0 aliphatic rings. The van der Waals surface area contributed by atoms with E-state index in [1.54, 1.807) is 7.05 Å². The molecule has 2 aromatic rings. The highest BCUT2D eigenvalue weighted by Gasteiger charge is 2.12. The van der Waals surface area contributed by atoms with Gasteiger partial charge in [-0.05, 0) is 18.2 Å².